The molecule has 0 spiro atoms. The first kappa shape index (κ1) is 31.4. The van der Waals surface area contributed by atoms with Gasteiger partial charge in [0.15, 0.2) is 0 Å². The number of hydrogen-bond acceptors (Lipinski definition) is 6. The van der Waals surface area contributed by atoms with E-state index in [0.717, 1.165) is 30.8 Å². The first-order valence-electron chi connectivity index (χ1n) is 13.1. The number of nitrogens with one attached hydrogen (secondary N) is 1. The summed E-state index contributed by atoms with van der Waals surface area (Å²) >= 11 is 6.97. The van der Waals surface area contributed by atoms with Crippen molar-refractivity contribution in [3.8, 4) is 0 Å². The molecule has 4 rings (SSSR count). The van der Waals surface area contributed by atoms with E-state index >= 15 is 0 Å². The molecule has 0 saturated heterocycles. The Hall–Kier alpha value is -3.54. The maximum Gasteiger partial charge on any atom is 0.269 e. The molecule has 0 unspecified atom stereocenters. The van der Waals surface area contributed by atoms with Crippen molar-refractivity contribution in [3.05, 3.63) is 132 Å². The number of non-ortho nitro benzene ring substituents is 1. The molecule has 4 aromatic rings. The Morgan fingerprint density at radius 3 is 2.05 bits per heavy atom. The average molecular weight is 715 g/mol. The fourth-order valence-electron chi connectivity index (χ4n) is 4.55. The third kappa shape index (κ3) is 6.91. The van der Waals surface area contributed by atoms with Crippen LogP contribution in [0.1, 0.15) is 41.1 Å². The van der Waals surface area contributed by atoms with E-state index < -0.39 is 32.8 Å². The average Bonchev–Trinajstić information content (AvgIpc) is 2.98. The lowest BCUT2D eigenvalue weighted by atomic mass is 9.85. The molecular formula is C31H29Br2N3O5S. The van der Waals surface area contributed by atoms with Crippen LogP contribution in [-0.4, -0.2) is 30.6 Å². The number of carbonyl (C=O) groups is 1. The predicted octanol–water partition coefficient (Wildman–Crippen LogP) is 7.77. The summed E-state index contributed by atoms with van der Waals surface area (Å²) in [7, 11) is -2.93. The quantitative estimate of drug-likeness (QED) is 0.133. The van der Waals surface area contributed by atoms with Gasteiger partial charge in [0.1, 0.15) is 0 Å². The van der Waals surface area contributed by atoms with Gasteiger partial charge in [-0.25, -0.2) is 12.7 Å². The maximum atomic E-state index is 14.4. The molecule has 8 nitrogen and oxygen atoms in total. The summed E-state index contributed by atoms with van der Waals surface area (Å²) in [5.74, 6) is -1.68. The van der Waals surface area contributed by atoms with Crippen molar-refractivity contribution in [1.29, 1.82) is 0 Å². The second-order valence-corrected chi connectivity index (χ2v) is 13.5. The standard InChI is InChI=1S/C31H29Br2N3O5S/c1-4-21-7-9-22(10-8-21)29(31(37)35(3)42(40,41)26-16-5-20(2)6-17-26)30(23-11-14-25(15-12-23)36(38)39)34-24-13-18-27(32)28(33)19-24/h5-19,29-30,34H,4H2,1-3H3/t29-,30-/m1/s1. The smallest absolute Gasteiger partial charge is 0.269 e. The van der Waals surface area contributed by atoms with Gasteiger partial charge in [-0.3, -0.25) is 14.9 Å². The van der Waals surface area contributed by atoms with Gasteiger partial charge in [0.05, 0.1) is 21.8 Å². The second kappa shape index (κ2) is 13.2. The van der Waals surface area contributed by atoms with Crippen molar-refractivity contribution < 1.29 is 18.1 Å². The lowest BCUT2D eigenvalue weighted by Crippen LogP contribution is -2.40. The number of aryl methyl sites for hydroxylation is 2. The Morgan fingerprint density at radius 1 is 0.905 bits per heavy atom. The number of nitro benzene ring substituents is 1. The summed E-state index contributed by atoms with van der Waals surface area (Å²) in [5.41, 5.74) is 3.66. The molecule has 0 aromatic heterocycles. The normalized spacial score (nSPS) is 12.8. The van der Waals surface area contributed by atoms with Crippen LogP contribution in [0.5, 0.6) is 0 Å². The van der Waals surface area contributed by atoms with Crippen LogP contribution in [0.25, 0.3) is 0 Å². The highest BCUT2D eigenvalue weighted by atomic mass is 79.9. The highest BCUT2D eigenvalue weighted by Crippen LogP contribution is 2.38. The summed E-state index contributed by atoms with van der Waals surface area (Å²) in [5, 5.41) is 14.8. The number of nitro groups is 1. The monoisotopic (exact) mass is 713 g/mol. The molecule has 2 atom stereocenters. The largest absolute Gasteiger partial charge is 0.377 e. The van der Waals surface area contributed by atoms with Crippen molar-refractivity contribution in [3.63, 3.8) is 0 Å². The van der Waals surface area contributed by atoms with Crippen molar-refractivity contribution in [2.75, 3.05) is 12.4 Å². The van der Waals surface area contributed by atoms with Gasteiger partial charge >= 0.3 is 0 Å². The van der Waals surface area contributed by atoms with Gasteiger partial charge in [-0.1, -0.05) is 61.0 Å². The number of carbonyl (C=O) groups excluding carboxylic acids is 1. The number of hydrogen-bond donors (Lipinski definition) is 1. The van der Waals surface area contributed by atoms with E-state index in [4.69, 9.17) is 0 Å². The Labute approximate surface area is 262 Å². The molecule has 1 amide bonds. The zero-order valence-corrected chi connectivity index (χ0v) is 27.1. The summed E-state index contributed by atoms with van der Waals surface area (Å²) in [6.45, 7) is 3.87. The van der Waals surface area contributed by atoms with Crippen molar-refractivity contribution in [2.45, 2.75) is 37.1 Å². The molecule has 0 radical (unpaired) electrons. The van der Waals surface area contributed by atoms with Crippen LogP contribution in [0.15, 0.2) is 105 Å². The number of rotatable bonds is 10. The number of halogens is 2. The van der Waals surface area contributed by atoms with Crippen LogP contribution in [0.4, 0.5) is 11.4 Å². The molecule has 0 bridgehead atoms. The SMILES string of the molecule is CCc1ccc([C@@H](C(=O)N(C)S(=O)(=O)c2ccc(C)cc2)[C@H](Nc2ccc(Br)c(Br)c2)c2ccc([N+](=O)[O-])cc2)cc1. The van der Waals surface area contributed by atoms with Crippen molar-refractivity contribution >= 4 is 59.2 Å². The lowest BCUT2D eigenvalue weighted by Gasteiger charge is -2.32. The third-order valence-corrected chi connectivity index (χ3v) is 10.7. The van der Waals surface area contributed by atoms with Crippen molar-refractivity contribution in [2.24, 2.45) is 0 Å². The van der Waals surface area contributed by atoms with Gasteiger partial charge in [-0.15, -0.1) is 0 Å². The Balaban J connectivity index is 1.88. The maximum absolute atomic E-state index is 14.4. The first-order valence-corrected chi connectivity index (χ1v) is 16.1. The van der Waals surface area contributed by atoms with E-state index in [1.807, 2.05) is 56.3 Å². The van der Waals surface area contributed by atoms with E-state index in [-0.39, 0.29) is 10.6 Å². The second-order valence-electron chi connectivity index (χ2n) is 9.80. The van der Waals surface area contributed by atoms with Crippen LogP contribution >= 0.6 is 31.9 Å². The summed E-state index contributed by atoms with van der Waals surface area (Å²) in [4.78, 5) is 25.2. The van der Waals surface area contributed by atoms with Crippen molar-refractivity contribution in [1.82, 2.24) is 4.31 Å². The molecule has 0 fully saturated rings. The van der Waals surface area contributed by atoms with Crippen LogP contribution in [0.3, 0.4) is 0 Å². The highest BCUT2D eigenvalue weighted by Gasteiger charge is 2.38. The minimum Gasteiger partial charge on any atom is -0.377 e. The first-order chi connectivity index (χ1) is 19.9. The summed E-state index contributed by atoms with van der Waals surface area (Å²) in [6, 6.07) is 24.4. The molecular weight excluding hydrogens is 686 g/mol. The molecule has 0 aliphatic rings. The molecule has 42 heavy (non-hydrogen) atoms. The molecule has 0 heterocycles. The zero-order valence-electron chi connectivity index (χ0n) is 23.1. The molecule has 0 aliphatic heterocycles. The molecule has 1 N–H and O–H groups in total. The highest BCUT2D eigenvalue weighted by molar-refractivity contribution is 9.13. The number of sulfonamides is 1. The van der Waals surface area contributed by atoms with Gasteiger partial charge in [-0.05, 0) is 92.2 Å². The van der Waals surface area contributed by atoms with Gasteiger partial charge < -0.3 is 5.32 Å². The molecule has 4 aromatic carbocycles. The summed E-state index contributed by atoms with van der Waals surface area (Å²) < 4.78 is 29.7. The van der Waals surface area contributed by atoms with Gasteiger partial charge in [0.2, 0.25) is 5.91 Å². The van der Waals surface area contributed by atoms with Crippen LogP contribution < -0.4 is 5.32 Å². The Morgan fingerprint density at radius 2 is 1.50 bits per heavy atom. The topological polar surface area (TPSA) is 110 Å². The molecule has 218 valence electrons. The van der Waals surface area contributed by atoms with Crippen LogP contribution in [0.2, 0.25) is 0 Å². The number of anilines is 1. The van der Waals surface area contributed by atoms with E-state index in [1.165, 1.54) is 31.3 Å². The summed E-state index contributed by atoms with van der Waals surface area (Å²) in [6.07, 6.45) is 0.789. The van der Waals surface area contributed by atoms with E-state index in [9.17, 15) is 23.3 Å². The Bertz CT molecular complexity index is 1690. The van der Waals surface area contributed by atoms with Gasteiger partial charge in [0, 0.05) is 33.8 Å². The predicted molar refractivity (Wildman–Crippen MR) is 171 cm³/mol. The van der Waals surface area contributed by atoms with Gasteiger partial charge in [-0.2, -0.15) is 0 Å². The number of benzene rings is 4. The van der Waals surface area contributed by atoms with E-state index in [1.54, 1.807) is 24.3 Å². The van der Waals surface area contributed by atoms with Crippen LogP contribution in [0, 0.1) is 17.0 Å². The fourth-order valence-corrected chi connectivity index (χ4v) is 6.32. The van der Waals surface area contributed by atoms with E-state index in [2.05, 4.69) is 37.2 Å². The molecule has 0 aliphatic carbocycles. The number of nitrogens with zero attached hydrogens (tertiary/aromatic N) is 2. The van der Waals surface area contributed by atoms with Gasteiger partial charge in [0.25, 0.3) is 15.7 Å². The zero-order chi connectivity index (χ0) is 30.6. The Kier molecular flexibility index (Phi) is 9.85. The molecule has 0 saturated carbocycles. The number of amides is 1. The lowest BCUT2D eigenvalue weighted by molar-refractivity contribution is -0.384. The fraction of sp³-hybridized carbons (Fsp3) is 0.194. The minimum absolute atomic E-state index is 0.000663. The van der Waals surface area contributed by atoms with Crippen LogP contribution in [-0.2, 0) is 21.2 Å². The molecule has 11 heteroatoms. The number of likely N-dealkylation sites (N-methyl/N-ethyl adjacent to an activating group) is 1. The van der Waals surface area contributed by atoms with E-state index in [0.29, 0.717) is 16.8 Å². The third-order valence-electron chi connectivity index (χ3n) is 7.04. The minimum atomic E-state index is -4.19.